The van der Waals surface area contributed by atoms with Gasteiger partial charge in [-0.25, -0.2) is 9.98 Å². The van der Waals surface area contributed by atoms with Crippen molar-refractivity contribution in [1.82, 2.24) is 0 Å². The van der Waals surface area contributed by atoms with Crippen molar-refractivity contribution in [3.63, 3.8) is 0 Å². The van der Waals surface area contributed by atoms with Crippen LogP contribution in [0.2, 0.25) is 0 Å². The van der Waals surface area contributed by atoms with Gasteiger partial charge >= 0.3 is 0 Å². The number of hydrogen-bond donors (Lipinski definition) is 0. The molecule has 0 aromatic carbocycles. The molecule has 0 saturated heterocycles. The van der Waals surface area contributed by atoms with Crippen LogP contribution in [0.25, 0.3) is 0 Å². The maximum absolute atomic E-state index is 5.46. The van der Waals surface area contributed by atoms with E-state index in [9.17, 15) is 0 Å². The summed E-state index contributed by atoms with van der Waals surface area (Å²) in [5.74, 6) is 1.50. The largest absolute Gasteiger partial charge is 0.480 e. The molecule has 0 spiro atoms. The van der Waals surface area contributed by atoms with Crippen LogP contribution in [0, 0.1) is 0 Å². The molecule has 0 aromatic heterocycles. The number of hydrogen-bond acceptors (Lipinski definition) is 4. The highest BCUT2D eigenvalue weighted by Crippen LogP contribution is 2.11. The molecular weight excluding hydrogens is 192 g/mol. The molecule has 0 saturated carbocycles. The van der Waals surface area contributed by atoms with Gasteiger partial charge in [-0.2, -0.15) is 0 Å². The van der Waals surface area contributed by atoms with E-state index >= 15 is 0 Å². The summed E-state index contributed by atoms with van der Waals surface area (Å²) in [7, 11) is 0. The van der Waals surface area contributed by atoms with Crippen molar-refractivity contribution in [2.75, 3.05) is 19.8 Å². The second-order valence-electron chi connectivity index (χ2n) is 3.35. The molecule has 0 aromatic rings. The Labute approximate surface area is 91.4 Å². The van der Waals surface area contributed by atoms with Crippen molar-refractivity contribution < 1.29 is 9.47 Å². The van der Waals surface area contributed by atoms with Gasteiger partial charge in [-0.05, 0) is 20.3 Å². The minimum Gasteiger partial charge on any atom is -0.480 e. The first-order valence-electron chi connectivity index (χ1n) is 5.68. The normalized spacial score (nSPS) is 20.6. The molecule has 0 N–H and O–H groups in total. The summed E-state index contributed by atoms with van der Waals surface area (Å²) in [6, 6.07) is 0.0604. The second kappa shape index (κ2) is 6.43. The number of rotatable bonds is 4. The Balaban J connectivity index is 2.61. The van der Waals surface area contributed by atoms with E-state index in [2.05, 4.69) is 16.9 Å². The number of ether oxygens (including phenoxy) is 2. The van der Waals surface area contributed by atoms with Gasteiger partial charge in [-0.15, -0.1) is 0 Å². The van der Waals surface area contributed by atoms with E-state index < -0.39 is 0 Å². The summed E-state index contributed by atoms with van der Waals surface area (Å²) >= 11 is 0. The van der Waals surface area contributed by atoms with Crippen molar-refractivity contribution >= 4 is 11.8 Å². The number of aliphatic imine (C=N–C) groups is 2. The fourth-order valence-corrected chi connectivity index (χ4v) is 1.52. The Morgan fingerprint density at radius 2 is 1.93 bits per heavy atom. The van der Waals surface area contributed by atoms with Gasteiger partial charge in [0.25, 0.3) is 0 Å². The second-order valence-corrected chi connectivity index (χ2v) is 3.35. The smallest absolute Gasteiger partial charge is 0.209 e. The lowest BCUT2D eigenvalue weighted by molar-refractivity contribution is 0.292. The summed E-state index contributed by atoms with van der Waals surface area (Å²) in [5, 5.41) is 0. The van der Waals surface area contributed by atoms with E-state index in [4.69, 9.17) is 9.47 Å². The molecule has 15 heavy (non-hydrogen) atoms. The third kappa shape index (κ3) is 3.53. The molecular formula is C11H20N2O2. The van der Waals surface area contributed by atoms with Crippen molar-refractivity contribution in [1.29, 1.82) is 0 Å². The van der Waals surface area contributed by atoms with Crippen molar-refractivity contribution in [2.45, 2.75) is 39.7 Å². The highest BCUT2D eigenvalue weighted by molar-refractivity contribution is 5.91. The summed E-state index contributed by atoms with van der Waals surface area (Å²) in [4.78, 5) is 8.86. The first kappa shape index (κ1) is 12.0. The lowest BCUT2D eigenvalue weighted by Crippen LogP contribution is -2.30. The maximum Gasteiger partial charge on any atom is 0.209 e. The third-order valence-electron chi connectivity index (χ3n) is 2.12. The minimum absolute atomic E-state index is 0.0604. The van der Waals surface area contributed by atoms with E-state index in [1.165, 1.54) is 0 Å². The van der Waals surface area contributed by atoms with Crippen LogP contribution in [0.1, 0.15) is 33.6 Å². The molecule has 0 aliphatic carbocycles. The monoisotopic (exact) mass is 212 g/mol. The molecule has 4 heteroatoms. The summed E-state index contributed by atoms with van der Waals surface area (Å²) in [6.07, 6.45) is 2.04. The fraction of sp³-hybridized carbons (Fsp3) is 0.818. The van der Waals surface area contributed by atoms with Crippen LogP contribution in [0.15, 0.2) is 9.98 Å². The molecule has 1 atom stereocenters. The van der Waals surface area contributed by atoms with Crippen LogP contribution in [0.5, 0.6) is 0 Å². The Hall–Kier alpha value is -1.06. The van der Waals surface area contributed by atoms with Crippen molar-refractivity contribution in [3.05, 3.63) is 0 Å². The fourth-order valence-electron chi connectivity index (χ4n) is 1.52. The summed E-state index contributed by atoms with van der Waals surface area (Å²) in [5.41, 5.74) is 0. The molecule has 1 aliphatic heterocycles. The van der Waals surface area contributed by atoms with E-state index in [1.54, 1.807) is 0 Å². The summed E-state index contributed by atoms with van der Waals surface area (Å²) in [6.45, 7) is 7.87. The van der Waals surface area contributed by atoms with Gasteiger partial charge < -0.3 is 9.47 Å². The molecule has 1 aliphatic rings. The standard InChI is InChI=1S/C11H20N2O2/c1-4-7-9-11(15-6-3)12-8-10(13-9)14-5-2/h9H,4-8H2,1-3H3/t9-/m0/s1. The lowest BCUT2D eigenvalue weighted by Gasteiger charge is -2.20. The predicted octanol–water partition coefficient (Wildman–Crippen LogP) is 2.04. The molecule has 4 nitrogen and oxygen atoms in total. The third-order valence-corrected chi connectivity index (χ3v) is 2.12. The molecule has 0 radical (unpaired) electrons. The van der Waals surface area contributed by atoms with Crippen LogP contribution in [-0.2, 0) is 9.47 Å². The van der Waals surface area contributed by atoms with Crippen LogP contribution < -0.4 is 0 Å². The molecule has 1 rings (SSSR count). The van der Waals surface area contributed by atoms with Crippen LogP contribution in [0.3, 0.4) is 0 Å². The highest BCUT2D eigenvalue weighted by atomic mass is 16.5. The van der Waals surface area contributed by atoms with E-state index in [0.717, 1.165) is 24.6 Å². The van der Waals surface area contributed by atoms with Gasteiger partial charge in [0.05, 0.1) is 13.2 Å². The van der Waals surface area contributed by atoms with Crippen LogP contribution >= 0.6 is 0 Å². The molecule has 0 fully saturated rings. The average Bonchev–Trinajstić information content (AvgIpc) is 2.23. The van der Waals surface area contributed by atoms with Gasteiger partial charge in [0.2, 0.25) is 11.8 Å². The van der Waals surface area contributed by atoms with Crippen LogP contribution in [0.4, 0.5) is 0 Å². The summed E-state index contributed by atoms with van der Waals surface area (Å²) < 4.78 is 10.8. The van der Waals surface area contributed by atoms with Gasteiger partial charge in [0, 0.05) is 0 Å². The number of nitrogens with zero attached hydrogens (tertiary/aromatic N) is 2. The Bertz CT molecular complexity index is 249. The maximum atomic E-state index is 5.46. The first-order chi connectivity index (χ1) is 7.31. The van der Waals surface area contributed by atoms with Gasteiger partial charge in [-0.1, -0.05) is 13.3 Å². The van der Waals surface area contributed by atoms with E-state index in [0.29, 0.717) is 19.8 Å². The van der Waals surface area contributed by atoms with E-state index in [1.807, 2.05) is 13.8 Å². The Morgan fingerprint density at radius 3 is 2.53 bits per heavy atom. The molecule has 0 amide bonds. The van der Waals surface area contributed by atoms with Gasteiger partial charge in [-0.3, -0.25) is 0 Å². The van der Waals surface area contributed by atoms with Crippen molar-refractivity contribution in [2.24, 2.45) is 9.98 Å². The van der Waals surface area contributed by atoms with Crippen molar-refractivity contribution in [3.8, 4) is 0 Å². The Kier molecular flexibility index (Phi) is 5.15. The molecule has 86 valence electrons. The molecule has 1 heterocycles. The SMILES string of the molecule is CCC[C@@H]1N=C(OCC)CN=C1OCC. The van der Waals surface area contributed by atoms with Gasteiger partial charge in [0.15, 0.2) is 0 Å². The minimum atomic E-state index is 0.0604. The molecule has 0 unspecified atom stereocenters. The Morgan fingerprint density at radius 1 is 1.20 bits per heavy atom. The predicted molar refractivity (Wildman–Crippen MR) is 61.7 cm³/mol. The van der Waals surface area contributed by atoms with Crippen LogP contribution in [-0.4, -0.2) is 37.6 Å². The average molecular weight is 212 g/mol. The topological polar surface area (TPSA) is 43.2 Å². The van der Waals surface area contributed by atoms with E-state index in [-0.39, 0.29) is 6.04 Å². The zero-order valence-corrected chi connectivity index (χ0v) is 9.82. The quantitative estimate of drug-likeness (QED) is 0.715. The highest BCUT2D eigenvalue weighted by Gasteiger charge is 2.21. The first-order valence-corrected chi connectivity index (χ1v) is 5.68. The zero-order chi connectivity index (χ0) is 11.1. The van der Waals surface area contributed by atoms with Gasteiger partial charge in [0.1, 0.15) is 12.6 Å². The molecule has 0 bridgehead atoms. The zero-order valence-electron chi connectivity index (χ0n) is 9.82. The lowest BCUT2D eigenvalue weighted by atomic mass is 10.1.